The standard InChI is InChI=1S/C3H4F2O3S/c4-3(5)1-2-9(6,7)8/h1-3H,(H,6,7,8). The van der Waals surface area contributed by atoms with Gasteiger partial charge in [0.15, 0.2) is 0 Å². The first-order valence-corrected chi connectivity index (χ1v) is 3.36. The van der Waals surface area contributed by atoms with Gasteiger partial charge in [0.2, 0.25) is 0 Å². The molecule has 0 radical (unpaired) electrons. The summed E-state index contributed by atoms with van der Waals surface area (Å²) in [7, 11) is -4.38. The van der Waals surface area contributed by atoms with Crippen molar-refractivity contribution in [1.29, 1.82) is 0 Å². The van der Waals surface area contributed by atoms with Crippen LogP contribution in [-0.2, 0) is 10.1 Å². The predicted molar refractivity (Wildman–Crippen MR) is 26.7 cm³/mol. The summed E-state index contributed by atoms with van der Waals surface area (Å²) < 4.78 is 49.4. The maximum atomic E-state index is 11.1. The van der Waals surface area contributed by atoms with Crippen molar-refractivity contribution in [2.75, 3.05) is 0 Å². The zero-order valence-electron chi connectivity index (χ0n) is 4.16. The van der Waals surface area contributed by atoms with Crippen LogP contribution >= 0.6 is 0 Å². The van der Waals surface area contributed by atoms with Gasteiger partial charge in [0.05, 0.1) is 5.41 Å². The lowest BCUT2D eigenvalue weighted by Crippen LogP contribution is -1.91. The van der Waals surface area contributed by atoms with Crippen molar-refractivity contribution in [1.82, 2.24) is 0 Å². The van der Waals surface area contributed by atoms with Crippen molar-refractivity contribution in [3.05, 3.63) is 11.5 Å². The Morgan fingerprint density at radius 1 is 1.44 bits per heavy atom. The highest BCUT2D eigenvalue weighted by Crippen LogP contribution is 1.95. The van der Waals surface area contributed by atoms with E-state index in [1.165, 1.54) is 0 Å². The van der Waals surface area contributed by atoms with E-state index in [1.807, 2.05) is 0 Å². The number of alkyl halides is 2. The van der Waals surface area contributed by atoms with E-state index < -0.39 is 16.5 Å². The Hall–Kier alpha value is -0.490. The Labute approximate surface area is 50.7 Å². The first-order valence-electron chi connectivity index (χ1n) is 1.85. The van der Waals surface area contributed by atoms with Crippen LogP contribution in [0.15, 0.2) is 11.5 Å². The monoisotopic (exact) mass is 158 g/mol. The van der Waals surface area contributed by atoms with Crippen LogP contribution in [0.2, 0.25) is 0 Å². The number of hydrogen-bond acceptors (Lipinski definition) is 2. The van der Waals surface area contributed by atoms with E-state index in [-0.39, 0.29) is 11.5 Å². The van der Waals surface area contributed by atoms with Crippen LogP contribution in [0.4, 0.5) is 8.78 Å². The third-order valence-electron chi connectivity index (χ3n) is 0.396. The third-order valence-corrected chi connectivity index (χ3v) is 0.897. The van der Waals surface area contributed by atoms with E-state index in [4.69, 9.17) is 4.55 Å². The normalized spacial score (nSPS) is 13.3. The summed E-state index contributed by atoms with van der Waals surface area (Å²) >= 11 is 0. The van der Waals surface area contributed by atoms with Crippen molar-refractivity contribution in [3.8, 4) is 0 Å². The van der Waals surface area contributed by atoms with Gasteiger partial charge in [-0.3, -0.25) is 4.55 Å². The maximum Gasteiger partial charge on any atom is 0.287 e. The van der Waals surface area contributed by atoms with Gasteiger partial charge in [0.25, 0.3) is 16.5 Å². The topological polar surface area (TPSA) is 54.4 Å². The summed E-state index contributed by atoms with van der Waals surface area (Å²) in [6.45, 7) is 0. The lowest BCUT2D eigenvalue weighted by atomic mass is 10.7. The number of allylic oxidation sites excluding steroid dienone is 1. The van der Waals surface area contributed by atoms with Gasteiger partial charge in [-0.1, -0.05) is 0 Å². The fraction of sp³-hybridized carbons (Fsp3) is 0.333. The van der Waals surface area contributed by atoms with E-state index in [9.17, 15) is 17.2 Å². The van der Waals surface area contributed by atoms with Gasteiger partial charge in [0.1, 0.15) is 0 Å². The number of halogens is 2. The quantitative estimate of drug-likeness (QED) is 0.600. The molecule has 0 spiro atoms. The molecule has 0 amide bonds. The van der Waals surface area contributed by atoms with Crippen molar-refractivity contribution in [2.24, 2.45) is 0 Å². The number of rotatable bonds is 2. The first kappa shape index (κ1) is 8.51. The highest BCUT2D eigenvalue weighted by Gasteiger charge is 1.99. The Bertz CT molecular complexity index is 193. The molecule has 0 aromatic heterocycles. The molecule has 0 aliphatic rings. The summed E-state index contributed by atoms with van der Waals surface area (Å²) in [4.78, 5) is 0. The Morgan fingerprint density at radius 3 is 2.00 bits per heavy atom. The molecule has 0 unspecified atom stereocenters. The smallest absolute Gasteiger partial charge is 0.282 e. The molecule has 3 nitrogen and oxygen atoms in total. The Kier molecular flexibility index (Phi) is 2.72. The van der Waals surface area contributed by atoms with Gasteiger partial charge >= 0.3 is 0 Å². The molecule has 9 heavy (non-hydrogen) atoms. The highest BCUT2D eigenvalue weighted by atomic mass is 32.2. The van der Waals surface area contributed by atoms with Gasteiger partial charge in [-0.25, -0.2) is 8.78 Å². The van der Waals surface area contributed by atoms with Crippen molar-refractivity contribution in [2.45, 2.75) is 6.43 Å². The second kappa shape index (κ2) is 2.88. The van der Waals surface area contributed by atoms with E-state index in [1.54, 1.807) is 0 Å². The number of hydrogen-bond donors (Lipinski definition) is 1. The van der Waals surface area contributed by atoms with Crippen molar-refractivity contribution >= 4 is 10.1 Å². The zero-order chi connectivity index (χ0) is 7.49. The fourth-order valence-corrected chi connectivity index (χ4v) is 0.476. The molecule has 0 saturated carbocycles. The van der Waals surface area contributed by atoms with Gasteiger partial charge in [-0.2, -0.15) is 8.42 Å². The minimum Gasteiger partial charge on any atom is -0.282 e. The van der Waals surface area contributed by atoms with E-state index in [0.717, 1.165) is 0 Å². The molecule has 6 heteroatoms. The molecule has 0 bridgehead atoms. The zero-order valence-corrected chi connectivity index (χ0v) is 4.98. The molecule has 0 fully saturated rings. The van der Waals surface area contributed by atoms with Gasteiger partial charge in [0, 0.05) is 0 Å². The van der Waals surface area contributed by atoms with Crippen LogP contribution in [0.25, 0.3) is 0 Å². The lowest BCUT2D eigenvalue weighted by molar-refractivity contribution is 0.204. The summed E-state index contributed by atoms with van der Waals surface area (Å²) in [5.74, 6) is 0. The van der Waals surface area contributed by atoms with Crippen molar-refractivity contribution in [3.63, 3.8) is 0 Å². The Balaban J connectivity index is 4.03. The molecule has 0 aliphatic heterocycles. The molecule has 0 heterocycles. The summed E-state index contributed by atoms with van der Waals surface area (Å²) in [6, 6.07) is 0. The van der Waals surface area contributed by atoms with Crippen LogP contribution in [0.5, 0.6) is 0 Å². The molecule has 0 aromatic carbocycles. The minimum absolute atomic E-state index is 0.0394. The lowest BCUT2D eigenvalue weighted by Gasteiger charge is -1.83. The Morgan fingerprint density at radius 2 is 1.89 bits per heavy atom. The first-order chi connectivity index (χ1) is 3.92. The maximum absolute atomic E-state index is 11.1. The molecule has 1 N–H and O–H groups in total. The molecule has 0 rings (SSSR count). The van der Waals surface area contributed by atoms with Gasteiger partial charge < -0.3 is 0 Å². The van der Waals surface area contributed by atoms with Crippen molar-refractivity contribution < 1.29 is 21.8 Å². The van der Waals surface area contributed by atoms with E-state index >= 15 is 0 Å². The third kappa shape index (κ3) is 7.51. The molecule has 0 atom stereocenters. The van der Waals surface area contributed by atoms with Crippen LogP contribution in [0.3, 0.4) is 0 Å². The molecular weight excluding hydrogens is 154 g/mol. The molecule has 0 aliphatic carbocycles. The van der Waals surface area contributed by atoms with Crippen LogP contribution in [0.1, 0.15) is 0 Å². The largest absolute Gasteiger partial charge is 0.287 e. The van der Waals surface area contributed by atoms with Gasteiger partial charge in [-0.05, 0) is 6.08 Å². The van der Waals surface area contributed by atoms with E-state index in [0.29, 0.717) is 0 Å². The average molecular weight is 158 g/mol. The summed E-state index contributed by atoms with van der Waals surface area (Å²) in [6.07, 6.45) is -2.78. The molecule has 54 valence electrons. The predicted octanol–water partition coefficient (Wildman–Crippen LogP) is 0.653. The van der Waals surface area contributed by atoms with Gasteiger partial charge in [-0.15, -0.1) is 0 Å². The second-order valence-electron chi connectivity index (χ2n) is 1.18. The second-order valence-corrected chi connectivity index (χ2v) is 2.48. The molecule has 0 aromatic rings. The highest BCUT2D eigenvalue weighted by molar-refractivity contribution is 7.88. The SMILES string of the molecule is O=S(=O)(O)C=CC(F)F. The molecule has 0 saturated heterocycles. The van der Waals surface area contributed by atoms with E-state index in [2.05, 4.69) is 0 Å². The summed E-state index contributed by atoms with van der Waals surface area (Å²) in [5.41, 5.74) is 0. The van der Waals surface area contributed by atoms with Crippen LogP contribution < -0.4 is 0 Å². The average Bonchev–Trinajstić information content (AvgIpc) is 1.59. The summed E-state index contributed by atoms with van der Waals surface area (Å²) in [5, 5.41) is 0.0394. The fourth-order valence-electron chi connectivity index (χ4n) is 0.159. The minimum atomic E-state index is -4.38. The van der Waals surface area contributed by atoms with Crippen LogP contribution in [-0.4, -0.2) is 19.4 Å². The van der Waals surface area contributed by atoms with Crippen LogP contribution in [0, 0.1) is 0 Å². The molecular formula is C3H4F2O3S.